The van der Waals surface area contributed by atoms with E-state index in [1.54, 1.807) is 38.1 Å². The fraction of sp³-hybridized carbons (Fsp3) is 0.381. The summed E-state index contributed by atoms with van der Waals surface area (Å²) in [5, 5.41) is 13.1. The highest BCUT2D eigenvalue weighted by Crippen LogP contribution is 2.28. The van der Waals surface area contributed by atoms with E-state index in [1.807, 2.05) is 0 Å². The first-order valence-corrected chi connectivity index (χ1v) is 12.3. The molecule has 1 heterocycles. The van der Waals surface area contributed by atoms with Gasteiger partial charge in [0.2, 0.25) is 15.9 Å². The van der Waals surface area contributed by atoms with Crippen LogP contribution < -0.4 is 5.32 Å². The first-order valence-electron chi connectivity index (χ1n) is 10.0. The molecule has 0 bridgehead atoms. The topological polar surface area (TPSA) is 110 Å². The maximum Gasteiger partial charge on any atom is 0.269 e. The second-order valence-electron chi connectivity index (χ2n) is 7.45. The summed E-state index contributed by atoms with van der Waals surface area (Å²) in [6.45, 7) is 4.50. The summed E-state index contributed by atoms with van der Waals surface area (Å²) in [4.78, 5) is 23.9. The van der Waals surface area contributed by atoms with Crippen molar-refractivity contribution in [2.75, 3.05) is 18.4 Å². The molecule has 0 radical (unpaired) electrons. The second-order valence-corrected chi connectivity index (χ2v) is 10.8. The maximum atomic E-state index is 13.1. The van der Waals surface area contributed by atoms with Crippen LogP contribution in [-0.2, 0) is 14.8 Å². The van der Waals surface area contributed by atoms with E-state index >= 15 is 0 Å². The number of hydrogen-bond donors (Lipinski definition) is 1. The number of nitrogens with one attached hydrogen (secondary N) is 1. The van der Waals surface area contributed by atoms with E-state index in [-0.39, 0.29) is 16.5 Å². The fourth-order valence-electron chi connectivity index (χ4n) is 3.35. The molecular formula is C21H25N3O5S2. The largest absolute Gasteiger partial charge is 0.325 e. The summed E-state index contributed by atoms with van der Waals surface area (Å²) in [5.41, 5.74) is 1.04. The smallest absolute Gasteiger partial charge is 0.269 e. The molecule has 1 amide bonds. The normalized spacial score (nSPS) is 15.9. The zero-order valence-corrected chi connectivity index (χ0v) is 19.0. The average Bonchev–Trinajstić information content (AvgIpc) is 2.76. The molecule has 1 atom stereocenters. The number of amides is 1. The third-order valence-corrected chi connectivity index (χ3v) is 8.27. The highest BCUT2D eigenvalue weighted by molar-refractivity contribution is 8.00. The van der Waals surface area contributed by atoms with E-state index in [0.717, 1.165) is 24.2 Å². The predicted octanol–water partition coefficient (Wildman–Crippen LogP) is 4.20. The quantitative estimate of drug-likeness (QED) is 0.374. The predicted molar refractivity (Wildman–Crippen MR) is 121 cm³/mol. The van der Waals surface area contributed by atoms with Gasteiger partial charge in [-0.2, -0.15) is 4.31 Å². The van der Waals surface area contributed by atoms with E-state index in [2.05, 4.69) is 5.32 Å². The highest BCUT2D eigenvalue weighted by atomic mass is 32.2. The van der Waals surface area contributed by atoms with Crippen molar-refractivity contribution in [3.05, 3.63) is 58.1 Å². The Kier molecular flexibility index (Phi) is 7.34. The number of anilines is 1. The van der Waals surface area contributed by atoms with E-state index in [0.29, 0.717) is 24.3 Å². The third-order valence-electron chi connectivity index (χ3n) is 5.12. The number of carbonyl (C=O) groups is 1. The number of nitro benzene ring substituents is 1. The molecule has 0 aliphatic carbocycles. The van der Waals surface area contributed by atoms with Gasteiger partial charge >= 0.3 is 0 Å². The van der Waals surface area contributed by atoms with Crippen LogP contribution in [0.2, 0.25) is 0 Å². The van der Waals surface area contributed by atoms with Gasteiger partial charge in [0.25, 0.3) is 5.69 Å². The van der Waals surface area contributed by atoms with Crippen LogP contribution >= 0.6 is 11.8 Å². The van der Waals surface area contributed by atoms with Gasteiger partial charge in [0.1, 0.15) is 0 Å². The third kappa shape index (κ3) is 5.63. The van der Waals surface area contributed by atoms with Crippen molar-refractivity contribution in [3.8, 4) is 0 Å². The van der Waals surface area contributed by atoms with Crippen molar-refractivity contribution in [2.24, 2.45) is 0 Å². The van der Waals surface area contributed by atoms with Crippen LogP contribution in [0.5, 0.6) is 0 Å². The minimum absolute atomic E-state index is 0.0106. The summed E-state index contributed by atoms with van der Waals surface area (Å²) < 4.78 is 27.6. The van der Waals surface area contributed by atoms with Gasteiger partial charge in [-0.1, -0.05) is 12.5 Å². The molecule has 1 aliphatic heterocycles. The lowest BCUT2D eigenvalue weighted by Crippen LogP contribution is -2.36. The molecule has 8 nitrogen and oxygen atoms in total. The number of nitro groups is 1. The summed E-state index contributed by atoms with van der Waals surface area (Å²) in [6, 6.07) is 10.9. The van der Waals surface area contributed by atoms with Gasteiger partial charge in [0, 0.05) is 35.8 Å². The minimum atomic E-state index is -3.61. The Bertz CT molecular complexity index is 1060. The van der Waals surface area contributed by atoms with Gasteiger partial charge < -0.3 is 5.32 Å². The molecular weight excluding hydrogens is 438 g/mol. The summed E-state index contributed by atoms with van der Waals surface area (Å²) in [7, 11) is -3.61. The summed E-state index contributed by atoms with van der Waals surface area (Å²) in [5.74, 6) is -0.284. The maximum absolute atomic E-state index is 13.1. The van der Waals surface area contributed by atoms with E-state index < -0.39 is 20.2 Å². The Morgan fingerprint density at radius 1 is 1.13 bits per heavy atom. The molecule has 3 rings (SSSR count). The lowest BCUT2D eigenvalue weighted by atomic mass is 10.2. The van der Waals surface area contributed by atoms with Crippen molar-refractivity contribution in [3.63, 3.8) is 0 Å². The molecule has 1 N–H and O–H groups in total. The van der Waals surface area contributed by atoms with Gasteiger partial charge in [-0.05, 0) is 56.5 Å². The number of nitrogens with zero attached hydrogens (tertiary/aromatic N) is 2. The van der Waals surface area contributed by atoms with E-state index in [9.17, 15) is 23.3 Å². The van der Waals surface area contributed by atoms with Gasteiger partial charge in [-0.3, -0.25) is 14.9 Å². The molecule has 31 heavy (non-hydrogen) atoms. The lowest BCUT2D eigenvalue weighted by molar-refractivity contribution is -0.384. The van der Waals surface area contributed by atoms with Crippen LogP contribution in [0.4, 0.5) is 11.4 Å². The van der Waals surface area contributed by atoms with E-state index in [4.69, 9.17) is 0 Å². The first-order chi connectivity index (χ1) is 14.7. The molecule has 0 aromatic heterocycles. The number of carbonyl (C=O) groups excluding carboxylic acids is 1. The summed E-state index contributed by atoms with van der Waals surface area (Å²) >= 11 is 1.27. The van der Waals surface area contributed by atoms with E-state index in [1.165, 1.54) is 34.3 Å². The molecule has 0 spiro atoms. The first kappa shape index (κ1) is 23.2. The number of benzene rings is 2. The SMILES string of the molecule is Cc1ccc(NC(=O)C(C)Sc2ccc([N+](=O)[O-])cc2)cc1S(=O)(=O)N1CCCCC1. The Morgan fingerprint density at radius 2 is 1.77 bits per heavy atom. The van der Waals surface area contributed by atoms with Crippen molar-refractivity contribution in [2.45, 2.75) is 48.2 Å². The Labute approximate surface area is 186 Å². The molecule has 1 unspecified atom stereocenters. The monoisotopic (exact) mass is 463 g/mol. The van der Waals surface area contributed by atoms with Crippen LogP contribution in [0, 0.1) is 17.0 Å². The molecule has 2 aromatic rings. The zero-order valence-electron chi connectivity index (χ0n) is 17.4. The zero-order chi connectivity index (χ0) is 22.6. The molecule has 1 saturated heterocycles. The lowest BCUT2D eigenvalue weighted by Gasteiger charge is -2.26. The molecule has 10 heteroatoms. The number of sulfonamides is 1. The number of thioether (sulfide) groups is 1. The van der Waals surface area contributed by atoms with Gasteiger partial charge in [0.15, 0.2) is 0 Å². The van der Waals surface area contributed by atoms with Gasteiger partial charge in [-0.15, -0.1) is 11.8 Å². The van der Waals surface area contributed by atoms with Crippen molar-refractivity contribution in [1.82, 2.24) is 4.31 Å². The Morgan fingerprint density at radius 3 is 2.39 bits per heavy atom. The molecule has 2 aromatic carbocycles. The van der Waals surface area contributed by atoms with Crippen LogP contribution in [-0.4, -0.2) is 41.9 Å². The highest BCUT2D eigenvalue weighted by Gasteiger charge is 2.28. The van der Waals surface area contributed by atoms with Crippen LogP contribution in [0.1, 0.15) is 31.7 Å². The number of hydrogen-bond acceptors (Lipinski definition) is 6. The molecule has 1 fully saturated rings. The number of non-ortho nitro benzene ring substituents is 1. The number of piperidine rings is 1. The van der Waals surface area contributed by atoms with Crippen LogP contribution in [0.25, 0.3) is 0 Å². The van der Waals surface area contributed by atoms with Crippen molar-refractivity contribution >= 4 is 39.1 Å². The fourth-order valence-corrected chi connectivity index (χ4v) is 5.98. The second kappa shape index (κ2) is 9.80. The minimum Gasteiger partial charge on any atom is -0.325 e. The Balaban J connectivity index is 1.71. The summed E-state index contributed by atoms with van der Waals surface area (Å²) in [6.07, 6.45) is 2.74. The van der Waals surface area contributed by atoms with Gasteiger partial charge in [0.05, 0.1) is 15.1 Å². The number of rotatable bonds is 7. The van der Waals surface area contributed by atoms with Crippen molar-refractivity contribution < 1.29 is 18.1 Å². The molecule has 0 saturated carbocycles. The molecule has 166 valence electrons. The standard InChI is InChI=1S/C21H25N3O5S2/c1-15-6-7-17(14-20(15)31(28,29)23-12-4-3-5-13-23)22-21(25)16(2)30-19-10-8-18(9-11-19)24(26)27/h6-11,14,16H,3-5,12-13H2,1-2H3,(H,22,25). The van der Waals surface area contributed by atoms with Crippen LogP contribution in [0.15, 0.2) is 52.3 Å². The molecule has 1 aliphatic rings. The Hall–Kier alpha value is -2.43. The number of aryl methyl sites for hydroxylation is 1. The van der Waals surface area contributed by atoms with Crippen molar-refractivity contribution in [1.29, 1.82) is 0 Å². The van der Waals surface area contributed by atoms with Gasteiger partial charge in [-0.25, -0.2) is 8.42 Å². The average molecular weight is 464 g/mol. The van der Waals surface area contributed by atoms with Crippen LogP contribution in [0.3, 0.4) is 0 Å².